The number of imide groups is 1. The Morgan fingerprint density at radius 3 is 1.93 bits per heavy atom. The monoisotopic (exact) mass is 616 g/mol. The van der Waals surface area contributed by atoms with Crippen LogP contribution in [0, 0.1) is 5.82 Å². The Hall–Kier alpha value is -3.71. The molecule has 44 heavy (non-hydrogen) atoms. The highest BCUT2D eigenvalue weighted by atomic mass is 19.1. The quantitative estimate of drug-likeness (QED) is 0.213. The molecule has 1 unspecified atom stereocenters. The minimum absolute atomic E-state index is 0.0640. The molecule has 2 aromatic rings. The van der Waals surface area contributed by atoms with Gasteiger partial charge in [0, 0.05) is 17.2 Å². The van der Waals surface area contributed by atoms with Gasteiger partial charge in [0.15, 0.2) is 11.6 Å². The number of pyridine rings is 1. The topological polar surface area (TPSA) is 123 Å². The van der Waals surface area contributed by atoms with Crippen molar-refractivity contribution < 1.29 is 47.0 Å². The van der Waals surface area contributed by atoms with E-state index in [4.69, 9.17) is 28.3 Å². The van der Waals surface area contributed by atoms with Crippen LogP contribution in [0.4, 0.5) is 19.8 Å². The van der Waals surface area contributed by atoms with E-state index in [9.17, 15) is 18.8 Å². The first-order chi connectivity index (χ1) is 20.0. The average molecular weight is 616 g/mol. The van der Waals surface area contributed by atoms with E-state index >= 15 is 0 Å². The van der Waals surface area contributed by atoms with Crippen LogP contribution in [0.5, 0.6) is 5.75 Å². The van der Waals surface area contributed by atoms with Gasteiger partial charge in [-0.25, -0.2) is 23.8 Å². The number of carbonyl (C=O) groups is 3. The van der Waals surface area contributed by atoms with Crippen molar-refractivity contribution in [3.05, 3.63) is 47.4 Å². The number of halogens is 1. The second-order valence-electron chi connectivity index (χ2n) is 13.5. The number of nitrogens with zero attached hydrogens (tertiary/aromatic N) is 2. The summed E-state index contributed by atoms with van der Waals surface area (Å²) in [6.45, 7) is 19.0. The Morgan fingerprint density at radius 2 is 1.45 bits per heavy atom. The molecule has 1 saturated heterocycles. The molecule has 0 aliphatic carbocycles. The lowest BCUT2D eigenvalue weighted by Gasteiger charge is -2.32. The summed E-state index contributed by atoms with van der Waals surface area (Å²) in [7, 11) is 0.326. The molecule has 2 amide bonds. The van der Waals surface area contributed by atoms with Crippen LogP contribution in [-0.4, -0.2) is 59.8 Å². The van der Waals surface area contributed by atoms with Gasteiger partial charge in [0.25, 0.3) is 0 Å². The van der Waals surface area contributed by atoms with Crippen LogP contribution in [0.3, 0.4) is 0 Å². The number of esters is 1. The second-order valence-corrected chi connectivity index (χ2v) is 13.5. The van der Waals surface area contributed by atoms with Crippen LogP contribution in [0.2, 0.25) is 0 Å². The van der Waals surface area contributed by atoms with Crippen molar-refractivity contribution in [2.75, 3.05) is 12.0 Å². The molecule has 1 aromatic carbocycles. The van der Waals surface area contributed by atoms with Gasteiger partial charge in [0.1, 0.15) is 23.1 Å². The largest absolute Gasteiger partial charge is 0.496 e. The van der Waals surface area contributed by atoms with Crippen LogP contribution in [-0.2, 0) is 23.5 Å². The number of benzene rings is 1. The fraction of sp³-hybridized carbons (Fsp3) is 0.548. The van der Waals surface area contributed by atoms with Gasteiger partial charge in [-0.3, -0.25) is 0 Å². The molecule has 13 heteroatoms. The Kier molecular flexibility index (Phi) is 9.77. The molecule has 0 N–H and O–H groups in total. The van der Waals surface area contributed by atoms with Crippen molar-refractivity contribution in [3.63, 3.8) is 0 Å². The lowest BCUT2D eigenvalue weighted by molar-refractivity contribution is 0.00578. The molecule has 11 nitrogen and oxygen atoms in total. The first kappa shape index (κ1) is 34.8. The number of hydrogen-bond donors (Lipinski definition) is 0. The maximum absolute atomic E-state index is 14.4. The number of hydrogen-bond acceptors (Lipinski definition) is 10. The molecule has 0 bridgehead atoms. The van der Waals surface area contributed by atoms with Gasteiger partial charge in [-0.15, -0.1) is 0 Å². The van der Waals surface area contributed by atoms with Crippen molar-refractivity contribution in [1.29, 1.82) is 0 Å². The standard InChI is InChI=1S/C31H42BFN2O9/c1-18(22-16-20(33)13-14-21(22)25(36)39-12)40-23-15-19(32-43-30(8,9)31(10,11)44-32)17-34-24(23)35(26(37)41-28(2,3)4)27(38)42-29(5,6)7/h13-18H,1-12H3. The van der Waals surface area contributed by atoms with E-state index in [1.807, 2.05) is 27.7 Å². The smallest absolute Gasteiger partial charge is 0.482 e. The van der Waals surface area contributed by atoms with Crippen molar-refractivity contribution in [2.24, 2.45) is 0 Å². The first-order valence-electron chi connectivity index (χ1n) is 14.2. The van der Waals surface area contributed by atoms with Crippen molar-refractivity contribution in [1.82, 2.24) is 4.98 Å². The number of amides is 2. The van der Waals surface area contributed by atoms with Crippen LogP contribution in [0.25, 0.3) is 0 Å². The minimum Gasteiger partial charge on any atom is -0.482 e. The summed E-state index contributed by atoms with van der Waals surface area (Å²) in [4.78, 5) is 44.5. The lowest BCUT2D eigenvalue weighted by Crippen LogP contribution is -2.45. The third-order valence-corrected chi connectivity index (χ3v) is 6.90. The average Bonchev–Trinajstić information content (AvgIpc) is 3.08. The number of aromatic nitrogens is 1. The highest BCUT2D eigenvalue weighted by Gasteiger charge is 2.52. The highest BCUT2D eigenvalue weighted by Crippen LogP contribution is 2.38. The van der Waals surface area contributed by atoms with Gasteiger partial charge in [-0.05, 0) is 100 Å². The zero-order valence-corrected chi connectivity index (χ0v) is 27.5. The molecule has 1 aromatic heterocycles. The zero-order chi connectivity index (χ0) is 33.4. The highest BCUT2D eigenvalue weighted by molar-refractivity contribution is 6.62. The molecule has 0 spiro atoms. The van der Waals surface area contributed by atoms with E-state index in [1.54, 1.807) is 48.5 Å². The second kappa shape index (κ2) is 12.4. The van der Waals surface area contributed by atoms with Gasteiger partial charge in [-0.2, -0.15) is 4.90 Å². The number of anilines is 1. The summed E-state index contributed by atoms with van der Waals surface area (Å²) in [5.74, 6) is -1.68. The molecule has 1 fully saturated rings. The summed E-state index contributed by atoms with van der Waals surface area (Å²) in [6.07, 6.45) is -1.76. The summed E-state index contributed by atoms with van der Waals surface area (Å²) < 4.78 is 48.9. The SMILES string of the molecule is COC(=O)c1ccc(F)cc1C(C)Oc1cc(B2OC(C)(C)C(C)(C)O2)cnc1N(C(=O)OC(C)(C)C)C(=O)OC(C)(C)C. The fourth-order valence-corrected chi connectivity index (χ4v) is 4.10. The molecular formula is C31H42BFN2O9. The minimum atomic E-state index is -1.07. The van der Waals surface area contributed by atoms with Crippen molar-refractivity contribution in [3.8, 4) is 5.75 Å². The third-order valence-electron chi connectivity index (χ3n) is 6.90. The Labute approximate surface area is 258 Å². The van der Waals surface area contributed by atoms with E-state index in [-0.39, 0.29) is 22.7 Å². The van der Waals surface area contributed by atoms with E-state index in [0.717, 1.165) is 12.1 Å². The van der Waals surface area contributed by atoms with Crippen LogP contribution >= 0.6 is 0 Å². The maximum atomic E-state index is 14.4. The number of rotatable bonds is 6. The van der Waals surface area contributed by atoms with E-state index < -0.39 is 59.6 Å². The Bertz CT molecular complexity index is 1370. The van der Waals surface area contributed by atoms with Crippen LogP contribution in [0.15, 0.2) is 30.5 Å². The lowest BCUT2D eigenvalue weighted by atomic mass is 9.80. The molecule has 1 aliphatic heterocycles. The normalized spacial score (nSPS) is 16.6. The Morgan fingerprint density at radius 1 is 0.932 bits per heavy atom. The maximum Gasteiger partial charge on any atom is 0.496 e. The third kappa shape index (κ3) is 8.06. The van der Waals surface area contributed by atoms with Gasteiger partial charge in [0.05, 0.1) is 23.9 Å². The van der Waals surface area contributed by atoms with E-state index in [2.05, 4.69) is 4.98 Å². The van der Waals surface area contributed by atoms with Crippen LogP contribution in [0.1, 0.15) is 98.2 Å². The molecule has 0 radical (unpaired) electrons. The molecule has 0 saturated carbocycles. The van der Waals surface area contributed by atoms with Gasteiger partial charge >= 0.3 is 25.3 Å². The summed E-state index contributed by atoms with van der Waals surface area (Å²) in [5, 5.41) is 0. The summed E-state index contributed by atoms with van der Waals surface area (Å²) in [5.41, 5.74) is -2.69. The summed E-state index contributed by atoms with van der Waals surface area (Å²) in [6, 6.07) is 5.05. The zero-order valence-electron chi connectivity index (χ0n) is 27.5. The van der Waals surface area contributed by atoms with E-state index in [1.165, 1.54) is 25.4 Å². The molecule has 2 heterocycles. The molecular weight excluding hydrogens is 574 g/mol. The van der Waals surface area contributed by atoms with Gasteiger partial charge in [0.2, 0.25) is 0 Å². The fourth-order valence-electron chi connectivity index (χ4n) is 4.10. The summed E-state index contributed by atoms with van der Waals surface area (Å²) >= 11 is 0. The van der Waals surface area contributed by atoms with Crippen molar-refractivity contribution >= 4 is 36.6 Å². The molecule has 1 atom stereocenters. The number of carbonyl (C=O) groups excluding carboxylic acids is 3. The van der Waals surface area contributed by atoms with Crippen molar-refractivity contribution in [2.45, 2.75) is 105 Å². The first-order valence-corrected chi connectivity index (χ1v) is 14.2. The predicted octanol–water partition coefficient (Wildman–Crippen LogP) is 6.12. The Balaban J connectivity index is 2.20. The number of ether oxygens (including phenoxy) is 4. The van der Waals surface area contributed by atoms with Crippen LogP contribution < -0.4 is 15.1 Å². The molecule has 240 valence electrons. The van der Waals surface area contributed by atoms with Gasteiger partial charge < -0.3 is 28.3 Å². The molecule has 3 rings (SSSR count). The molecule has 1 aliphatic rings. The van der Waals surface area contributed by atoms with E-state index in [0.29, 0.717) is 10.4 Å². The number of methoxy groups -OCH3 is 1. The van der Waals surface area contributed by atoms with Gasteiger partial charge in [-0.1, -0.05) is 0 Å². The predicted molar refractivity (Wildman–Crippen MR) is 162 cm³/mol.